The van der Waals surface area contributed by atoms with Crippen LogP contribution >= 0.6 is 0 Å². The summed E-state index contributed by atoms with van der Waals surface area (Å²) < 4.78 is 0. The van der Waals surface area contributed by atoms with Crippen molar-refractivity contribution in [2.24, 2.45) is 40.2 Å². The first kappa shape index (κ1) is 15.7. The molecule has 0 aromatic carbocycles. The van der Waals surface area contributed by atoms with Gasteiger partial charge in [-0.15, -0.1) is 0 Å². The van der Waals surface area contributed by atoms with Gasteiger partial charge >= 0.3 is 0 Å². The van der Waals surface area contributed by atoms with Gasteiger partial charge in [-0.2, -0.15) is 0 Å². The number of hydrogen-bond donors (Lipinski definition) is 2. The van der Waals surface area contributed by atoms with Gasteiger partial charge in [0.1, 0.15) is 0 Å². The second-order valence-corrected chi connectivity index (χ2v) is 9.33. The Morgan fingerprint density at radius 3 is 2.78 bits per heavy atom. The van der Waals surface area contributed by atoms with E-state index in [0.717, 1.165) is 18.3 Å². The summed E-state index contributed by atoms with van der Waals surface area (Å²) in [7, 11) is 0. The van der Waals surface area contributed by atoms with E-state index in [1.54, 1.807) is 0 Å². The number of aliphatic hydroxyl groups is 1. The Bertz CT molecular complexity index is 556. The molecule has 3 heteroatoms. The van der Waals surface area contributed by atoms with Crippen LogP contribution in [-0.2, 0) is 4.79 Å². The number of carbonyl (C=O) groups excluding carboxylic acids is 1. The summed E-state index contributed by atoms with van der Waals surface area (Å²) >= 11 is 0. The number of nitrogens with two attached hydrogens (primary N) is 1. The Morgan fingerprint density at radius 2 is 2.04 bits per heavy atom. The van der Waals surface area contributed by atoms with Crippen molar-refractivity contribution in [3.63, 3.8) is 0 Å². The van der Waals surface area contributed by atoms with Gasteiger partial charge in [0.25, 0.3) is 0 Å². The fraction of sp³-hybridized carbons (Fsp3) is 0.850. The van der Waals surface area contributed by atoms with Crippen LogP contribution in [0, 0.1) is 34.5 Å². The lowest BCUT2D eigenvalue weighted by molar-refractivity contribution is -0.130. The molecule has 4 aliphatic carbocycles. The number of amides is 1. The summed E-state index contributed by atoms with van der Waals surface area (Å²) in [5.41, 5.74) is 7.63. The van der Waals surface area contributed by atoms with Gasteiger partial charge in [0, 0.05) is 0 Å². The maximum Gasteiger partial charge on any atom is 0.223 e. The normalized spacial score (nSPS) is 52.1. The molecule has 0 aromatic heterocycles. The minimum absolute atomic E-state index is 0.0752. The first-order chi connectivity index (χ1) is 10.8. The van der Waals surface area contributed by atoms with E-state index in [0.29, 0.717) is 17.8 Å². The largest absolute Gasteiger partial charge is 0.392 e. The maximum atomic E-state index is 11.8. The molecule has 3 fully saturated rings. The summed E-state index contributed by atoms with van der Waals surface area (Å²) in [4.78, 5) is 11.8. The van der Waals surface area contributed by atoms with E-state index >= 15 is 0 Å². The Morgan fingerprint density at radius 1 is 1.26 bits per heavy atom. The minimum atomic E-state index is -0.580. The second kappa shape index (κ2) is 5.08. The van der Waals surface area contributed by atoms with Crippen LogP contribution < -0.4 is 5.73 Å². The Kier molecular flexibility index (Phi) is 3.46. The zero-order valence-corrected chi connectivity index (χ0v) is 14.6. The third kappa shape index (κ3) is 2.15. The maximum absolute atomic E-state index is 11.8. The highest BCUT2D eigenvalue weighted by Crippen LogP contribution is 2.65. The molecule has 3 nitrogen and oxygen atoms in total. The molecule has 0 spiro atoms. The van der Waals surface area contributed by atoms with Gasteiger partial charge in [0.15, 0.2) is 0 Å². The molecule has 1 amide bonds. The molecule has 7 atom stereocenters. The van der Waals surface area contributed by atoms with Crippen LogP contribution in [0.25, 0.3) is 0 Å². The van der Waals surface area contributed by atoms with Crippen molar-refractivity contribution in [1.82, 2.24) is 0 Å². The van der Waals surface area contributed by atoms with E-state index in [1.807, 2.05) is 0 Å². The van der Waals surface area contributed by atoms with Crippen LogP contribution in [0.5, 0.6) is 0 Å². The fourth-order valence-electron chi connectivity index (χ4n) is 7.00. The topological polar surface area (TPSA) is 63.3 Å². The van der Waals surface area contributed by atoms with E-state index in [-0.39, 0.29) is 17.2 Å². The zero-order valence-electron chi connectivity index (χ0n) is 14.6. The predicted octanol–water partition coefficient (Wildman–Crippen LogP) is 3.41. The number of rotatable bonds is 1. The van der Waals surface area contributed by atoms with E-state index in [1.165, 1.54) is 44.1 Å². The van der Waals surface area contributed by atoms with Crippen LogP contribution in [0.15, 0.2) is 11.6 Å². The summed E-state index contributed by atoms with van der Waals surface area (Å²) in [6.07, 6.45) is 11.2. The van der Waals surface area contributed by atoms with Crippen molar-refractivity contribution in [3.05, 3.63) is 11.6 Å². The molecule has 128 valence electrons. The molecule has 0 heterocycles. The molecule has 2 unspecified atom stereocenters. The minimum Gasteiger partial charge on any atom is -0.392 e. The second-order valence-electron chi connectivity index (χ2n) is 9.33. The third-order valence-electron chi connectivity index (χ3n) is 8.31. The highest BCUT2D eigenvalue weighted by Gasteiger charge is 2.57. The molecule has 0 radical (unpaired) electrons. The smallest absolute Gasteiger partial charge is 0.223 e. The van der Waals surface area contributed by atoms with Crippen molar-refractivity contribution < 1.29 is 9.90 Å². The van der Waals surface area contributed by atoms with E-state index < -0.39 is 6.10 Å². The highest BCUT2D eigenvalue weighted by molar-refractivity contribution is 5.77. The molecule has 0 bridgehead atoms. The molecule has 3 N–H and O–H groups in total. The molecular weight excluding hydrogens is 286 g/mol. The van der Waals surface area contributed by atoms with Crippen LogP contribution in [0.1, 0.15) is 65.2 Å². The summed E-state index contributed by atoms with van der Waals surface area (Å²) in [5.74, 6) is 1.62. The van der Waals surface area contributed by atoms with Crippen molar-refractivity contribution >= 4 is 5.91 Å². The standard InChI is InChI=1S/C20H31NO2/c1-19-8-3-4-15(19)13-6-5-12-10-17(22)14(18(21)23)11-20(12,2)16(13)7-9-19/h5,13-17,22H,3-4,6-11H2,1-2H3,(H2,21,23)/t13-,14?,15-,16+,17?,19-,20-/m0/s1. The molecule has 0 aliphatic heterocycles. The quantitative estimate of drug-likeness (QED) is 0.728. The number of aliphatic hydroxyl groups excluding tert-OH is 1. The molecule has 4 aliphatic rings. The fourth-order valence-corrected chi connectivity index (χ4v) is 7.00. The van der Waals surface area contributed by atoms with Crippen LogP contribution in [0.4, 0.5) is 0 Å². The van der Waals surface area contributed by atoms with Crippen molar-refractivity contribution in [1.29, 1.82) is 0 Å². The number of fused-ring (bicyclic) bond motifs is 5. The lowest BCUT2D eigenvalue weighted by Crippen LogP contribution is -2.52. The van der Waals surface area contributed by atoms with E-state index in [2.05, 4.69) is 19.9 Å². The average molecular weight is 317 g/mol. The van der Waals surface area contributed by atoms with Crippen LogP contribution in [0.2, 0.25) is 0 Å². The first-order valence-electron chi connectivity index (χ1n) is 9.52. The van der Waals surface area contributed by atoms with Gasteiger partial charge in [-0.1, -0.05) is 31.9 Å². The number of primary amides is 1. The van der Waals surface area contributed by atoms with Crippen LogP contribution in [-0.4, -0.2) is 17.1 Å². The van der Waals surface area contributed by atoms with E-state index in [9.17, 15) is 9.90 Å². The highest BCUT2D eigenvalue weighted by atomic mass is 16.3. The lowest BCUT2D eigenvalue weighted by Gasteiger charge is -2.58. The number of hydrogen-bond acceptors (Lipinski definition) is 2. The Balaban J connectivity index is 1.68. The number of allylic oxidation sites excluding steroid dienone is 1. The summed E-state index contributed by atoms with van der Waals surface area (Å²) in [6.45, 7) is 4.87. The van der Waals surface area contributed by atoms with E-state index in [4.69, 9.17) is 5.73 Å². The van der Waals surface area contributed by atoms with Crippen molar-refractivity contribution in [2.45, 2.75) is 71.3 Å². The van der Waals surface area contributed by atoms with Gasteiger partial charge < -0.3 is 10.8 Å². The Hall–Kier alpha value is -0.830. The zero-order chi connectivity index (χ0) is 16.4. The van der Waals surface area contributed by atoms with Gasteiger partial charge in [-0.3, -0.25) is 4.79 Å². The van der Waals surface area contributed by atoms with Crippen molar-refractivity contribution in [3.8, 4) is 0 Å². The first-order valence-corrected chi connectivity index (χ1v) is 9.52. The summed E-state index contributed by atoms with van der Waals surface area (Å²) in [6, 6.07) is 0. The third-order valence-corrected chi connectivity index (χ3v) is 8.31. The molecule has 4 rings (SSSR count). The Labute approximate surface area is 139 Å². The van der Waals surface area contributed by atoms with Gasteiger partial charge in [-0.05, 0) is 73.5 Å². The molecule has 0 saturated heterocycles. The lowest BCUT2D eigenvalue weighted by atomic mass is 9.47. The van der Waals surface area contributed by atoms with Gasteiger partial charge in [-0.25, -0.2) is 0 Å². The molecule has 23 heavy (non-hydrogen) atoms. The SMILES string of the molecule is C[C@@]12CCC[C@H]1[C@@H]1CC=C3CC(O)C(C(N)=O)C[C@]3(C)[C@@H]1CC2. The monoisotopic (exact) mass is 317 g/mol. The predicted molar refractivity (Wildman–Crippen MR) is 90.4 cm³/mol. The number of carbonyl (C=O) groups is 1. The molecular formula is C20H31NO2. The van der Waals surface area contributed by atoms with Crippen molar-refractivity contribution in [2.75, 3.05) is 0 Å². The summed E-state index contributed by atoms with van der Waals surface area (Å²) in [5, 5.41) is 10.3. The van der Waals surface area contributed by atoms with Crippen LogP contribution in [0.3, 0.4) is 0 Å². The average Bonchev–Trinajstić information content (AvgIpc) is 2.89. The molecule has 0 aromatic rings. The molecule has 3 saturated carbocycles. The van der Waals surface area contributed by atoms with Gasteiger partial charge in [0.2, 0.25) is 5.91 Å². The van der Waals surface area contributed by atoms with Gasteiger partial charge in [0.05, 0.1) is 12.0 Å².